The lowest BCUT2D eigenvalue weighted by atomic mass is 10.4. The molecule has 0 fully saturated rings. The third kappa shape index (κ3) is 4.12. The fourth-order valence-electron chi connectivity index (χ4n) is 1.62. The zero-order valence-electron chi connectivity index (χ0n) is 11.7. The third-order valence-corrected chi connectivity index (χ3v) is 3.57. The summed E-state index contributed by atoms with van der Waals surface area (Å²) in [7, 11) is 1.56. The van der Waals surface area contributed by atoms with Crippen molar-refractivity contribution in [2.45, 2.75) is 6.42 Å². The van der Waals surface area contributed by atoms with Gasteiger partial charge in [0.2, 0.25) is 5.91 Å². The molecule has 0 saturated heterocycles. The predicted octanol–water partition coefficient (Wildman–Crippen LogP) is 2.62. The Kier molecular flexibility index (Phi) is 5.46. The minimum atomic E-state index is -0.0884. The maximum Gasteiger partial charge on any atom is 0.225 e. The zero-order chi connectivity index (χ0) is 15.2. The van der Waals surface area contributed by atoms with Gasteiger partial charge in [-0.1, -0.05) is 11.6 Å². The van der Waals surface area contributed by atoms with Crippen LogP contribution in [0.3, 0.4) is 0 Å². The maximum absolute atomic E-state index is 11.7. The lowest BCUT2D eigenvalue weighted by Gasteiger charge is -2.03. The molecule has 112 valence electrons. The van der Waals surface area contributed by atoms with Crippen LogP contribution in [-0.4, -0.2) is 39.8 Å². The van der Waals surface area contributed by atoms with Gasteiger partial charge in [-0.3, -0.25) is 9.78 Å². The summed E-state index contributed by atoms with van der Waals surface area (Å²) in [5.74, 6) is 1.29. The molecular formula is C13H15ClN4O2S. The Hall–Kier alpha value is -1.73. The highest BCUT2D eigenvalue weighted by Crippen LogP contribution is 2.23. The molecule has 1 N–H and O–H groups in total. The number of halogens is 1. The predicted molar refractivity (Wildman–Crippen MR) is 84.5 cm³/mol. The molecule has 2 aromatic rings. The standard InChI is InChI=1S/C13H15ClN4O2S/c1-20-10-5-9(6-15-7-10)18-8-11(13(14)17-18)16-12(19)3-4-21-2/h5-8H,3-4H2,1-2H3,(H,16,19). The van der Waals surface area contributed by atoms with Gasteiger partial charge < -0.3 is 10.1 Å². The Bertz CT molecular complexity index is 632. The molecule has 2 aromatic heterocycles. The van der Waals surface area contributed by atoms with Crippen molar-refractivity contribution in [2.75, 3.05) is 24.4 Å². The zero-order valence-corrected chi connectivity index (χ0v) is 13.2. The maximum atomic E-state index is 11.7. The Morgan fingerprint density at radius 3 is 3.05 bits per heavy atom. The van der Waals surface area contributed by atoms with E-state index >= 15 is 0 Å². The number of anilines is 1. The molecular weight excluding hydrogens is 312 g/mol. The number of ether oxygens (including phenoxy) is 1. The van der Waals surface area contributed by atoms with Gasteiger partial charge in [-0.25, -0.2) is 4.68 Å². The average Bonchev–Trinajstić information content (AvgIpc) is 2.86. The number of thioether (sulfide) groups is 1. The van der Waals surface area contributed by atoms with Crippen molar-refractivity contribution in [1.29, 1.82) is 0 Å². The van der Waals surface area contributed by atoms with Crippen LogP contribution in [0.2, 0.25) is 5.15 Å². The first kappa shape index (κ1) is 15.7. The molecule has 0 atom stereocenters. The van der Waals surface area contributed by atoms with E-state index in [1.807, 2.05) is 6.26 Å². The summed E-state index contributed by atoms with van der Waals surface area (Å²) in [6, 6.07) is 1.77. The van der Waals surface area contributed by atoms with Crippen molar-refractivity contribution in [2.24, 2.45) is 0 Å². The van der Waals surface area contributed by atoms with Gasteiger partial charge in [0.15, 0.2) is 5.15 Å². The van der Waals surface area contributed by atoms with Crippen molar-refractivity contribution in [1.82, 2.24) is 14.8 Å². The largest absolute Gasteiger partial charge is 0.495 e. The molecule has 0 radical (unpaired) electrons. The topological polar surface area (TPSA) is 69.0 Å². The summed E-state index contributed by atoms with van der Waals surface area (Å²) in [5, 5.41) is 7.13. The van der Waals surface area contributed by atoms with Gasteiger partial charge in [0.1, 0.15) is 5.75 Å². The SMILES string of the molecule is COc1cncc(-n2cc(NC(=O)CCSC)c(Cl)n2)c1. The quantitative estimate of drug-likeness (QED) is 0.883. The van der Waals surface area contributed by atoms with Crippen LogP contribution in [0.15, 0.2) is 24.7 Å². The summed E-state index contributed by atoms with van der Waals surface area (Å²) in [6.07, 6.45) is 7.26. The van der Waals surface area contributed by atoms with E-state index in [0.29, 0.717) is 23.5 Å². The first-order valence-corrected chi connectivity index (χ1v) is 7.94. The molecule has 0 aliphatic rings. The fraction of sp³-hybridized carbons (Fsp3) is 0.308. The van der Waals surface area contributed by atoms with E-state index in [4.69, 9.17) is 16.3 Å². The van der Waals surface area contributed by atoms with Crippen LogP contribution in [0.25, 0.3) is 5.69 Å². The summed E-state index contributed by atoms with van der Waals surface area (Å²) in [4.78, 5) is 15.8. The lowest BCUT2D eigenvalue weighted by molar-refractivity contribution is -0.115. The molecule has 2 heterocycles. The van der Waals surface area contributed by atoms with Gasteiger partial charge in [0, 0.05) is 18.2 Å². The Morgan fingerprint density at radius 1 is 1.52 bits per heavy atom. The van der Waals surface area contributed by atoms with Crippen molar-refractivity contribution >= 4 is 35.0 Å². The number of rotatable bonds is 6. The molecule has 2 rings (SSSR count). The number of nitrogens with one attached hydrogen (secondary N) is 1. The number of amides is 1. The molecule has 8 heteroatoms. The van der Waals surface area contributed by atoms with Crippen LogP contribution in [0, 0.1) is 0 Å². The van der Waals surface area contributed by atoms with Crippen molar-refractivity contribution in [3.8, 4) is 11.4 Å². The normalized spacial score (nSPS) is 10.4. The molecule has 1 amide bonds. The van der Waals surface area contributed by atoms with Crippen molar-refractivity contribution in [3.05, 3.63) is 29.8 Å². The molecule has 0 saturated carbocycles. The van der Waals surface area contributed by atoms with E-state index in [0.717, 1.165) is 5.75 Å². The van der Waals surface area contributed by atoms with Crippen molar-refractivity contribution < 1.29 is 9.53 Å². The van der Waals surface area contributed by atoms with Gasteiger partial charge in [0.05, 0.1) is 37.1 Å². The fourth-order valence-corrected chi connectivity index (χ4v) is 2.19. The van der Waals surface area contributed by atoms with E-state index in [-0.39, 0.29) is 11.1 Å². The van der Waals surface area contributed by atoms with E-state index in [1.165, 1.54) is 0 Å². The summed E-state index contributed by atoms with van der Waals surface area (Å²) < 4.78 is 6.66. The Balaban J connectivity index is 2.16. The van der Waals surface area contributed by atoms with Crippen LogP contribution in [0.1, 0.15) is 6.42 Å². The second kappa shape index (κ2) is 7.33. The molecule has 0 aromatic carbocycles. The van der Waals surface area contributed by atoms with Crippen molar-refractivity contribution in [3.63, 3.8) is 0 Å². The van der Waals surface area contributed by atoms with Gasteiger partial charge in [-0.05, 0) is 6.26 Å². The van der Waals surface area contributed by atoms with Crippen LogP contribution in [-0.2, 0) is 4.79 Å². The first-order valence-electron chi connectivity index (χ1n) is 6.17. The Labute approximate surface area is 131 Å². The lowest BCUT2D eigenvalue weighted by Crippen LogP contribution is -2.11. The summed E-state index contributed by atoms with van der Waals surface area (Å²) in [6.45, 7) is 0. The number of carbonyl (C=O) groups excluding carboxylic acids is 1. The van der Waals surface area contributed by atoms with E-state index < -0.39 is 0 Å². The highest BCUT2D eigenvalue weighted by molar-refractivity contribution is 7.98. The van der Waals surface area contributed by atoms with Crippen LogP contribution < -0.4 is 10.1 Å². The first-order chi connectivity index (χ1) is 10.1. The van der Waals surface area contributed by atoms with Crippen LogP contribution >= 0.6 is 23.4 Å². The molecule has 0 aliphatic heterocycles. The molecule has 0 spiro atoms. The number of methoxy groups -OCH3 is 1. The number of hydrogen-bond donors (Lipinski definition) is 1. The molecule has 0 unspecified atom stereocenters. The molecule has 6 nitrogen and oxygen atoms in total. The number of aromatic nitrogens is 3. The number of nitrogens with zero attached hydrogens (tertiary/aromatic N) is 3. The smallest absolute Gasteiger partial charge is 0.225 e. The second-order valence-electron chi connectivity index (χ2n) is 4.15. The third-order valence-electron chi connectivity index (χ3n) is 2.68. The van der Waals surface area contributed by atoms with E-state index in [2.05, 4.69) is 15.4 Å². The monoisotopic (exact) mass is 326 g/mol. The average molecular weight is 327 g/mol. The number of carbonyl (C=O) groups is 1. The molecule has 21 heavy (non-hydrogen) atoms. The minimum Gasteiger partial charge on any atom is -0.495 e. The molecule has 0 aliphatic carbocycles. The van der Waals surface area contributed by atoms with Gasteiger partial charge in [-0.15, -0.1) is 0 Å². The van der Waals surface area contributed by atoms with Gasteiger partial charge >= 0.3 is 0 Å². The van der Waals surface area contributed by atoms with Gasteiger partial charge in [-0.2, -0.15) is 16.9 Å². The summed E-state index contributed by atoms with van der Waals surface area (Å²) >= 11 is 7.66. The number of hydrogen-bond acceptors (Lipinski definition) is 5. The van der Waals surface area contributed by atoms with Crippen LogP contribution in [0.4, 0.5) is 5.69 Å². The highest BCUT2D eigenvalue weighted by Gasteiger charge is 2.11. The Morgan fingerprint density at radius 2 is 2.33 bits per heavy atom. The van der Waals surface area contributed by atoms with Gasteiger partial charge in [0.25, 0.3) is 0 Å². The minimum absolute atomic E-state index is 0.0884. The molecule has 0 bridgehead atoms. The van der Waals surface area contributed by atoms with E-state index in [9.17, 15) is 4.79 Å². The highest BCUT2D eigenvalue weighted by atomic mass is 35.5. The van der Waals surface area contributed by atoms with Crippen LogP contribution in [0.5, 0.6) is 5.75 Å². The second-order valence-corrected chi connectivity index (χ2v) is 5.50. The summed E-state index contributed by atoms with van der Waals surface area (Å²) in [5.41, 5.74) is 1.17. The number of pyridine rings is 1. The van der Waals surface area contributed by atoms with E-state index in [1.54, 1.807) is 48.2 Å².